The third-order valence-electron chi connectivity index (χ3n) is 2.95. The summed E-state index contributed by atoms with van der Waals surface area (Å²) in [6.07, 6.45) is 2.56. The summed E-state index contributed by atoms with van der Waals surface area (Å²) < 4.78 is 0. The van der Waals surface area contributed by atoms with E-state index in [1.807, 2.05) is 0 Å². The van der Waals surface area contributed by atoms with Crippen molar-refractivity contribution in [2.24, 2.45) is 0 Å². The summed E-state index contributed by atoms with van der Waals surface area (Å²) in [5.41, 5.74) is 0.286. The van der Waals surface area contributed by atoms with E-state index in [-0.39, 0.29) is 5.54 Å². The lowest BCUT2D eigenvalue weighted by Gasteiger charge is -2.30. The summed E-state index contributed by atoms with van der Waals surface area (Å²) in [5, 5.41) is 3.60. The fourth-order valence-corrected chi connectivity index (χ4v) is 2.22. The van der Waals surface area contributed by atoms with Gasteiger partial charge in [0.1, 0.15) is 0 Å². The van der Waals surface area contributed by atoms with Crippen molar-refractivity contribution in [2.45, 2.75) is 32.2 Å². The zero-order valence-electron chi connectivity index (χ0n) is 10.8. The van der Waals surface area contributed by atoms with Crippen molar-refractivity contribution in [3.8, 4) is 0 Å². The molecule has 1 saturated heterocycles. The van der Waals surface area contributed by atoms with Gasteiger partial charge >= 0.3 is 0 Å². The summed E-state index contributed by atoms with van der Waals surface area (Å²) in [6, 6.07) is 0. The maximum atomic E-state index is 3.60. The number of nitrogens with one attached hydrogen (secondary N) is 1. The fourth-order valence-electron chi connectivity index (χ4n) is 2.22. The van der Waals surface area contributed by atoms with Crippen LogP contribution in [0.15, 0.2) is 0 Å². The molecule has 0 saturated carbocycles. The minimum Gasteiger partial charge on any atom is -0.310 e. The van der Waals surface area contributed by atoms with Gasteiger partial charge < -0.3 is 15.1 Å². The molecule has 0 unspecified atom stereocenters. The van der Waals surface area contributed by atoms with Gasteiger partial charge in [0.15, 0.2) is 0 Å². The van der Waals surface area contributed by atoms with Gasteiger partial charge in [-0.1, -0.05) is 0 Å². The van der Waals surface area contributed by atoms with Gasteiger partial charge in [-0.15, -0.1) is 0 Å². The predicted octanol–water partition coefficient (Wildman–Crippen LogP) is 1.01. The largest absolute Gasteiger partial charge is 0.310 e. The molecular formula is C12H27N3. The molecule has 3 heteroatoms. The minimum atomic E-state index is 0.286. The van der Waals surface area contributed by atoms with Crippen LogP contribution in [0.1, 0.15) is 26.7 Å². The minimum absolute atomic E-state index is 0.286. The fraction of sp³-hybridized carbons (Fsp3) is 1.00. The van der Waals surface area contributed by atoms with E-state index in [0.717, 1.165) is 6.54 Å². The SMILES string of the molecule is CN(C)CCCN1CCCNC(C)(C)C1. The van der Waals surface area contributed by atoms with E-state index < -0.39 is 0 Å². The molecule has 0 radical (unpaired) electrons. The number of hydrogen-bond acceptors (Lipinski definition) is 3. The Morgan fingerprint density at radius 3 is 2.73 bits per heavy atom. The highest BCUT2D eigenvalue weighted by Crippen LogP contribution is 2.10. The molecule has 0 aromatic carbocycles. The molecule has 0 aliphatic carbocycles. The molecule has 1 N–H and O–H groups in total. The van der Waals surface area contributed by atoms with Gasteiger partial charge in [-0.2, -0.15) is 0 Å². The Morgan fingerprint density at radius 1 is 1.33 bits per heavy atom. The summed E-state index contributed by atoms with van der Waals surface area (Å²) in [6.45, 7) is 10.6. The molecule has 0 aromatic rings. The molecule has 1 fully saturated rings. The smallest absolute Gasteiger partial charge is 0.0252 e. The zero-order chi connectivity index (χ0) is 11.3. The summed E-state index contributed by atoms with van der Waals surface area (Å²) in [4.78, 5) is 4.87. The Morgan fingerprint density at radius 2 is 2.07 bits per heavy atom. The van der Waals surface area contributed by atoms with Crippen LogP contribution < -0.4 is 5.32 Å². The first-order chi connectivity index (χ1) is 6.99. The molecule has 1 aliphatic heterocycles. The maximum absolute atomic E-state index is 3.60. The van der Waals surface area contributed by atoms with Crippen LogP contribution >= 0.6 is 0 Å². The van der Waals surface area contributed by atoms with Crippen LogP contribution in [0.3, 0.4) is 0 Å². The molecule has 0 atom stereocenters. The summed E-state index contributed by atoms with van der Waals surface area (Å²) in [5.74, 6) is 0. The van der Waals surface area contributed by atoms with Gasteiger partial charge in [0.25, 0.3) is 0 Å². The molecule has 15 heavy (non-hydrogen) atoms. The Balaban J connectivity index is 2.27. The first-order valence-corrected chi connectivity index (χ1v) is 6.12. The topological polar surface area (TPSA) is 18.5 Å². The van der Waals surface area contributed by atoms with Gasteiger partial charge in [-0.3, -0.25) is 0 Å². The Labute approximate surface area is 94.8 Å². The third-order valence-corrected chi connectivity index (χ3v) is 2.95. The van der Waals surface area contributed by atoms with Gasteiger partial charge in [0.2, 0.25) is 0 Å². The van der Waals surface area contributed by atoms with E-state index in [9.17, 15) is 0 Å². The average molecular weight is 213 g/mol. The van der Waals surface area contributed by atoms with Crippen molar-refractivity contribution in [3.63, 3.8) is 0 Å². The lowest BCUT2D eigenvalue weighted by atomic mass is 10.1. The van der Waals surface area contributed by atoms with Crippen LogP contribution in [0.4, 0.5) is 0 Å². The van der Waals surface area contributed by atoms with Crippen molar-refractivity contribution in [1.29, 1.82) is 0 Å². The van der Waals surface area contributed by atoms with Crippen molar-refractivity contribution in [1.82, 2.24) is 15.1 Å². The van der Waals surface area contributed by atoms with Crippen molar-refractivity contribution in [2.75, 3.05) is 46.8 Å². The highest BCUT2D eigenvalue weighted by atomic mass is 15.2. The highest BCUT2D eigenvalue weighted by Gasteiger charge is 2.23. The second kappa shape index (κ2) is 5.83. The first kappa shape index (κ1) is 12.9. The molecule has 0 aromatic heterocycles. The zero-order valence-corrected chi connectivity index (χ0v) is 10.8. The standard InChI is InChI=1S/C12H27N3/c1-12(2)11-15(9-5-7-13-12)10-6-8-14(3)4/h13H,5-11H2,1-4H3. The van der Waals surface area contributed by atoms with Gasteiger partial charge in [-0.05, 0) is 67.0 Å². The Bertz CT molecular complexity index is 178. The molecular weight excluding hydrogens is 186 g/mol. The second-order valence-electron chi connectivity index (χ2n) is 5.60. The normalized spacial score (nSPS) is 23.0. The number of nitrogens with zero attached hydrogens (tertiary/aromatic N) is 2. The van der Waals surface area contributed by atoms with E-state index in [0.29, 0.717) is 0 Å². The first-order valence-electron chi connectivity index (χ1n) is 6.12. The van der Waals surface area contributed by atoms with Gasteiger partial charge in [0.05, 0.1) is 0 Å². The molecule has 90 valence electrons. The van der Waals surface area contributed by atoms with E-state index >= 15 is 0 Å². The van der Waals surface area contributed by atoms with Crippen molar-refractivity contribution < 1.29 is 0 Å². The van der Waals surface area contributed by atoms with Crippen LogP contribution in [0.25, 0.3) is 0 Å². The molecule has 3 nitrogen and oxygen atoms in total. The molecule has 0 spiro atoms. The lowest BCUT2D eigenvalue weighted by Crippen LogP contribution is -2.46. The molecule has 1 heterocycles. The highest BCUT2D eigenvalue weighted by molar-refractivity contribution is 4.84. The molecule has 0 bridgehead atoms. The van der Waals surface area contributed by atoms with Crippen LogP contribution in [0.5, 0.6) is 0 Å². The Kier molecular flexibility index (Phi) is 5.03. The summed E-state index contributed by atoms with van der Waals surface area (Å²) >= 11 is 0. The van der Waals surface area contributed by atoms with Crippen molar-refractivity contribution in [3.05, 3.63) is 0 Å². The van der Waals surface area contributed by atoms with Crippen LogP contribution in [-0.2, 0) is 0 Å². The second-order valence-corrected chi connectivity index (χ2v) is 5.60. The predicted molar refractivity (Wildman–Crippen MR) is 66.3 cm³/mol. The van der Waals surface area contributed by atoms with Gasteiger partial charge in [0, 0.05) is 12.1 Å². The monoisotopic (exact) mass is 213 g/mol. The van der Waals surface area contributed by atoms with Crippen LogP contribution in [0, 0.1) is 0 Å². The number of hydrogen-bond donors (Lipinski definition) is 1. The quantitative estimate of drug-likeness (QED) is 0.752. The Hall–Kier alpha value is -0.120. The van der Waals surface area contributed by atoms with Crippen LogP contribution in [0.2, 0.25) is 0 Å². The summed E-state index contributed by atoms with van der Waals surface area (Å²) in [7, 11) is 4.29. The average Bonchev–Trinajstić information content (AvgIpc) is 2.26. The van der Waals surface area contributed by atoms with Gasteiger partial charge in [-0.25, -0.2) is 0 Å². The van der Waals surface area contributed by atoms with E-state index in [2.05, 4.69) is 43.1 Å². The third kappa shape index (κ3) is 5.50. The van der Waals surface area contributed by atoms with E-state index in [1.54, 1.807) is 0 Å². The van der Waals surface area contributed by atoms with Crippen molar-refractivity contribution >= 4 is 0 Å². The molecule has 0 amide bonds. The van der Waals surface area contributed by atoms with Crippen LogP contribution in [-0.4, -0.2) is 62.2 Å². The van der Waals surface area contributed by atoms with E-state index in [4.69, 9.17) is 0 Å². The number of rotatable bonds is 4. The lowest BCUT2D eigenvalue weighted by molar-refractivity contribution is 0.220. The maximum Gasteiger partial charge on any atom is 0.0252 e. The molecule has 1 aliphatic rings. The molecule has 1 rings (SSSR count). The van der Waals surface area contributed by atoms with E-state index in [1.165, 1.54) is 39.0 Å².